The molecule has 0 bridgehead atoms. The second-order valence-electron chi connectivity index (χ2n) is 6.04. The summed E-state index contributed by atoms with van der Waals surface area (Å²) in [6.07, 6.45) is 2.97. The van der Waals surface area contributed by atoms with E-state index < -0.39 is 5.91 Å². The number of phenolic OH excluding ortho intramolecular Hbond substituents is 1. The monoisotopic (exact) mass is 394 g/mol. The lowest BCUT2D eigenvalue weighted by atomic mass is 10.2. The second kappa shape index (κ2) is 7.16. The lowest BCUT2D eigenvalue weighted by molar-refractivity contribution is 0.0960. The predicted octanol–water partition coefficient (Wildman–Crippen LogP) is 3.24. The van der Waals surface area contributed by atoms with Gasteiger partial charge in [0.25, 0.3) is 5.91 Å². The third-order valence-corrected chi connectivity index (χ3v) is 4.44. The molecule has 0 unspecified atom stereocenters. The van der Waals surface area contributed by atoms with E-state index in [0.29, 0.717) is 21.9 Å². The predicted molar refractivity (Wildman–Crippen MR) is 106 cm³/mol. The number of amides is 1. The molecule has 0 aliphatic rings. The Morgan fingerprint density at radius 2 is 2.00 bits per heavy atom. The number of hydrazine groups is 1. The van der Waals surface area contributed by atoms with Crippen LogP contribution in [0.1, 0.15) is 15.9 Å². The summed E-state index contributed by atoms with van der Waals surface area (Å²) in [5, 5.41) is 15.4. The lowest BCUT2D eigenvalue weighted by Crippen LogP contribution is -2.30. The van der Waals surface area contributed by atoms with Gasteiger partial charge in [0.05, 0.1) is 22.8 Å². The number of carbonyl (C=O) groups excluding carboxylic acids is 1. The molecule has 4 aromatic rings. The van der Waals surface area contributed by atoms with Crippen LogP contribution in [0.2, 0.25) is 5.02 Å². The Morgan fingerprint density at radius 3 is 2.82 bits per heavy atom. The molecule has 140 valence electrons. The van der Waals surface area contributed by atoms with Crippen LogP contribution < -0.4 is 10.9 Å². The highest BCUT2D eigenvalue weighted by Gasteiger charge is 2.15. The van der Waals surface area contributed by atoms with Crippen molar-refractivity contribution in [1.29, 1.82) is 0 Å². The summed E-state index contributed by atoms with van der Waals surface area (Å²) in [5.74, 6) is -0.235. The third kappa shape index (κ3) is 3.21. The van der Waals surface area contributed by atoms with Crippen LogP contribution >= 0.6 is 11.6 Å². The minimum Gasteiger partial charge on any atom is -0.507 e. The number of aromatic nitrogens is 4. The fraction of sp³-hybridized carbons (Fsp3) is 0.0526. The summed E-state index contributed by atoms with van der Waals surface area (Å²) in [6.45, 7) is 1.95. The molecule has 4 rings (SSSR count). The highest BCUT2D eigenvalue weighted by Crippen LogP contribution is 2.25. The number of aryl methyl sites for hydroxylation is 1. The lowest BCUT2D eigenvalue weighted by Gasteiger charge is -2.10. The number of benzene rings is 2. The first-order valence-electron chi connectivity index (χ1n) is 8.34. The van der Waals surface area contributed by atoms with E-state index in [0.717, 1.165) is 11.3 Å². The van der Waals surface area contributed by atoms with Crippen LogP contribution in [0.25, 0.3) is 16.7 Å². The summed E-state index contributed by atoms with van der Waals surface area (Å²) in [4.78, 5) is 20.7. The van der Waals surface area contributed by atoms with Crippen LogP contribution in [0.5, 0.6) is 5.75 Å². The van der Waals surface area contributed by atoms with Gasteiger partial charge in [-0.15, -0.1) is 0 Å². The van der Waals surface area contributed by atoms with Crippen molar-refractivity contribution in [2.75, 3.05) is 5.43 Å². The standard InChI is InChI=1S/C19H15ClN6O2/c1-11-6-7-12(20)8-15(11)26-18-14(9-23-26)17(21-10-22-18)24-25-19(28)13-4-2-3-5-16(13)27/h2-10,27H,1H3,(H,25,28)(H,21,22,24). The number of aromatic hydroxyl groups is 1. The SMILES string of the molecule is Cc1ccc(Cl)cc1-n1ncc2c(NNC(=O)c3ccccc3O)ncnc21. The quantitative estimate of drug-likeness (QED) is 0.459. The molecule has 0 aliphatic carbocycles. The molecule has 1 amide bonds. The molecule has 0 fully saturated rings. The fourth-order valence-electron chi connectivity index (χ4n) is 2.78. The van der Waals surface area contributed by atoms with Crippen molar-refractivity contribution in [2.45, 2.75) is 6.92 Å². The Bertz CT molecular complexity index is 1190. The Kier molecular flexibility index (Phi) is 4.54. The minimum atomic E-state index is -0.497. The molecule has 2 aromatic carbocycles. The van der Waals surface area contributed by atoms with Gasteiger partial charge in [-0.2, -0.15) is 5.10 Å². The molecule has 0 atom stereocenters. The molecular weight excluding hydrogens is 380 g/mol. The maximum atomic E-state index is 12.3. The zero-order chi connectivity index (χ0) is 19.7. The highest BCUT2D eigenvalue weighted by molar-refractivity contribution is 6.30. The van der Waals surface area contributed by atoms with E-state index >= 15 is 0 Å². The highest BCUT2D eigenvalue weighted by atomic mass is 35.5. The zero-order valence-corrected chi connectivity index (χ0v) is 15.5. The van der Waals surface area contributed by atoms with Crippen LogP contribution in [0.3, 0.4) is 0 Å². The first kappa shape index (κ1) is 17.7. The van der Waals surface area contributed by atoms with E-state index in [1.807, 2.05) is 19.1 Å². The number of hydrogen-bond donors (Lipinski definition) is 3. The molecule has 3 N–H and O–H groups in total. The van der Waals surface area contributed by atoms with Gasteiger partial charge < -0.3 is 5.11 Å². The minimum absolute atomic E-state index is 0.112. The van der Waals surface area contributed by atoms with Crippen molar-refractivity contribution in [3.05, 3.63) is 71.1 Å². The molecule has 0 radical (unpaired) electrons. The average molecular weight is 395 g/mol. The van der Waals surface area contributed by atoms with Gasteiger partial charge in [-0.05, 0) is 36.8 Å². The van der Waals surface area contributed by atoms with E-state index in [1.165, 1.54) is 18.5 Å². The fourth-order valence-corrected chi connectivity index (χ4v) is 2.95. The molecular formula is C19H15ClN6O2. The van der Waals surface area contributed by atoms with E-state index in [2.05, 4.69) is 25.9 Å². The smallest absolute Gasteiger partial charge is 0.273 e. The van der Waals surface area contributed by atoms with E-state index in [9.17, 15) is 9.90 Å². The summed E-state index contributed by atoms with van der Waals surface area (Å²) < 4.78 is 1.66. The van der Waals surface area contributed by atoms with Gasteiger partial charge in [0, 0.05) is 5.02 Å². The van der Waals surface area contributed by atoms with Gasteiger partial charge in [0.15, 0.2) is 11.5 Å². The average Bonchev–Trinajstić information content (AvgIpc) is 3.13. The van der Waals surface area contributed by atoms with Gasteiger partial charge >= 0.3 is 0 Å². The van der Waals surface area contributed by atoms with Crippen molar-refractivity contribution in [3.8, 4) is 11.4 Å². The Balaban J connectivity index is 1.65. The first-order chi connectivity index (χ1) is 13.5. The van der Waals surface area contributed by atoms with Gasteiger partial charge in [-0.1, -0.05) is 29.8 Å². The number of nitrogens with one attached hydrogen (secondary N) is 2. The number of anilines is 1. The summed E-state index contributed by atoms with van der Waals surface area (Å²) in [7, 11) is 0. The van der Waals surface area contributed by atoms with Crippen LogP contribution in [-0.4, -0.2) is 30.8 Å². The van der Waals surface area contributed by atoms with E-state index in [4.69, 9.17) is 11.6 Å². The Morgan fingerprint density at radius 1 is 1.18 bits per heavy atom. The number of halogens is 1. The molecule has 2 aromatic heterocycles. The van der Waals surface area contributed by atoms with Crippen molar-refractivity contribution < 1.29 is 9.90 Å². The molecule has 0 saturated carbocycles. The Hall–Kier alpha value is -3.65. The Labute approximate surface area is 164 Å². The number of fused-ring (bicyclic) bond motifs is 1. The number of rotatable bonds is 4. The van der Waals surface area contributed by atoms with Gasteiger partial charge in [0.1, 0.15) is 12.1 Å². The summed E-state index contributed by atoms with van der Waals surface area (Å²) in [6, 6.07) is 11.8. The van der Waals surface area contributed by atoms with E-state index in [1.54, 1.807) is 29.1 Å². The summed E-state index contributed by atoms with van der Waals surface area (Å²) in [5.41, 5.74) is 7.76. The zero-order valence-electron chi connectivity index (χ0n) is 14.7. The van der Waals surface area contributed by atoms with Crippen molar-refractivity contribution >= 4 is 34.4 Å². The largest absolute Gasteiger partial charge is 0.507 e. The maximum absolute atomic E-state index is 12.3. The van der Waals surface area contributed by atoms with Crippen LogP contribution in [0.4, 0.5) is 5.82 Å². The van der Waals surface area contributed by atoms with Gasteiger partial charge in [-0.25, -0.2) is 14.6 Å². The van der Waals surface area contributed by atoms with Crippen molar-refractivity contribution in [3.63, 3.8) is 0 Å². The number of carbonyl (C=O) groups is 1. The second-order valence-corrected chi connectivity index (χ2v) is 6.48. The van der Waals surface area contributed by atoms with Crippen molar-refractivity contribution in [1.82, 2.24) is 25.2 Å². The van der Waals surface area contributed by atoms with Crippen LogP contribution in [0, 0.1) is 6.92 Å². The number of nitrogens with zero attached hydrogens (tertiary/aromatic N) is 4. The molecule has 9 heteroatoms. The normalized spacial score (nSPS) is 10.8. The van der Waals surface area contributed by atoms with Gasteiger partial charge in [0.2, 0.25) is 0 Å². The molecule has 0 aliphatic heterocycles. The van der Waals surface area contributed by atoms with Gasteiger partial charge in [-0.3, -0.25) is 15.6 Å². The van der Waals surface area contributed by atoms with E-state index in [-0.39, 0.29) is 11.3 Å². The molecule has 8 nitrogen and oxygen atoms in total. The number of hydrogen-bond acceptors (Lipinski definition) is 6. The number of phenols is 1. The van der Waals surface area contributed by atoms with Crippen LogP contribution in [0.15, 0.2) is 55.0 Å². The third-order valence-electron chi connectivity index (χ3n) is 4.21. The summed E-state index contributed by atoms with van der Waals surface area (Å²) >= 11 is 6.12. The topological polar surface area (TPSA) is 105 Å². The molecule has 0 spiro atoms. The first-order valence-corrected chi connectivity index (χ1v) is 8.72. The molecule has 2 heterocycles. The number of para-hydroxylation sites is 1. The molecule has 28 heavy (non-hydrogen) atoms. The van der Waals surface area contributed by atoms with Crippen molar-refractivity contribution in [2.24, 2.45) is 0 Å². The molecule has 0 saturated heterocycles. The maximum Gasteiger partial charge on any atom is 0.273 e. The van der Waals surface area contributed by atoms with Crippen LogP contribution in [-0.2, 0) is 0 Å².